The van der Waals surface area contributed by atoms with E-state index in [0.29, 0.717) is 17.1 Å². The lowest BCUT2D eigenvalue weighted by Gasteiger charge is -2.33. The minimum atomic E-state index is -4.50. The van der Waals surface area contributed by atoms with Crippen LogP contribution >= 0.6 is 22.9 Å². The van der Waals surface area contributed by atoms with Gasteiger partial charge in [-0.2, -0.15) is 18.3 Å². The van der Waals surface area contributed by atoms with E-state index < -0.39 is 24.2 Å². The third kappa shape index (κ3) is 4.25. The smallest absolute Gasteiger partial charge is 0.363 e. The SMILES string of the molecule is O=C(NCc1cccs1)c1cc2n(n1)[C@@H](C(F)(F)F)C[C@@H](c1ccc(Cl)cc1)N2. The summed E-state index contributed by atoms with van der Waals surface area (Å²) in [5.41, 5.74) is 0.620. The van der Waals surface area contributed by atoms with Gasteiger partial charge in [-0.3, -0.25) is 4.79 Å². The molecule has 3 heterocycles. The van der Waals surface area contributed by atoms with Crippen molar-refractivity contribution in [2.75, 3.05) is 5.32 Å². The van der Waals surface area contributed by atoms with E-state index in [1.807, 2.05) is 17.5 Å². The molecule has 152 valence electrons. The Labute approximate surface area is 173 Å². The van der Waals surface area contributed by atoms with Crippen molar-refractivity contribution in [3.63, 3.8) is 0 Å². The minimum absolute atomic E-state index is 0.0601. The van der Waals surface area contributed by atoms with Crippen molar-refractivity contribution < 1.29 is 18.0 Å². The molecule has 0 saturated carbocycles. The summed E-state index contributed by atoms with van der Waals surface area (Å²) in [6, 6.07) is 9.31. The molecule has 0 radical (unpaired) electrons. The largest absolute Gasteiger partial charge is 0.410 e. The molecule has 0 aliphatic carbocycles. The monoisotopic (exact) mass is 440 g/mol. The molecule has 2 aromatic heterocycles. The zero-order valence-corrected chi connectivity index (χ0v) is 16.5. The van der Waals surface area contributed by atoms with Gasteiger partial charge < -0.3 is 10.6 Å². The second kappa shape index (κ2) is 7.72. The average molecular weight is 441 g/mol. The van der Waals surface area contributed by atoms with Gasteiger partial charge in [0.2, 0.25) is 0 Å². The van der Waals surface area contributed by atoms with Crippen molar-refractivity contribution >= 4 is 34.7 Å². The highest BCUT2D eigenvalue weighted by atomic mass is 35.5. The Balaban J connectivity index is 1.59. The highest BCUT2D eigenvalue weighted by Crippen LogP contribution is 2.43. The molecule has 2 N–H and O–H groups in total. The molecule has 3 aromatic rings. The number of carbonyl (C=O) groups is 1. The van der Waals surface area contributed by atoms with Crippen molar-refractivity contribution in [1.29, 1.82) is 0 Å². The molecule has 0 spiro atoms. The fraction of sp³-hybridized carbons (Fsp3) is 0.263. The molecule has 0 bridgehead atoms. The summed E-state index contributed by atoms with van der Waals surface area (Å²) in [5, 5.41) is 12.1. The predicted octanol–water partition coefficient (Wildman–Crippen LogP) is 5.19. The summed E-state index contributed by atoms with van der Waals surface area (Å²) in [4.78, 5) is 13.3. The minimum Gasteiger partial charge on any atom is -0.363 e. The third-order valence-electron chi connectivity index (χ3n) is 4.70. The van der Waals surface area contributed by atoms with E-state index in [2.05, 4.69) is 15.7 Å². The van der Waals surface area contributed by atoms with E-state index >= 15 is 0 Å². The number of halogens is 4. The molecule has 0 fully saturated rings. The van der Waals surface area contributed by atoms with E-state index in [1.54, 1.807) is 24.3 Å². The van der Waals surface area contributed by atoms with Gasteiger partial charge in [0.15, 0.2) is 11.7 Å². The fourth-order valence-electron chi connectivity index (χ4n) is 3.27. The Morgan fingerprint density at radius 1 is 1.31 bits per heavy atom. The topological polar surface area (TPSA) is 59.0 Å². The number of rotatable bonds is 4. The second-order valence-corrected chi connectivity index (χ2v) is 8.13. The van der Waals surface area contributed by atoms with Crippen LogP contribution in [0.2, 0.25) is 5.02 Å². The molecular weight excluding hydrogens is 425 g/mol. The van der Waals surface area contributed by atoms with Crippen LogP contribution in [0.3, 0.4) is 0 Å². The molecule has 1 aliphatic heterocycles. The summed E-state index contributed by atoms with van der Waals surface area (Å²) >= 11 is 7.36. The van der Waals surface area contributed by atoms with E-state index in [-0.39, 0.29) is 17.9 Å². The third-order valence-corrected chi connectivity index (χ3v) is 5.83. The number of benzene rings is 1. The van der Waals surface area contributed by atoms with Crippen LogP contribution in [0, 0.1) is 0 Å². The number of hydrogen-bond donors (Lipinski definition) is 2. The lowest BCUT2D eigenvalue weighted by atomic mass is 9.97. The van der Waals surface area contributed by atoms with Gasteiger partial charge in [-0.05, 0) is 29.1 Å². The summed E-state index contributed by atoms with van der Waals surface area (Å²) in [6.45, 7) is 0.294. The number of fused-ring (bicyclic) bond motifs is 1. The first-order valence-electron chi connectivity index (χ1n) is 8.80. The molecule has 2 atom stereocenters. The maximum atomic E-state index is 13.7. The summed E-state index contributed by atoms with van der Waals surface area (Å²) in [7, 11) is 0. The number of amides is 1. The molecule has 1 aliphatic rings. The first-order valence-corrected chi connectivity index (χ1v) is 10.1. The van der Waals surface area contributed by atoms with Gasteiger partial charge in [-0.15, -0.1) is 11.3 Å². The number of nitrogens with one attached hydrogen (secondary N) is 2. The molecule has 0 unspecified atom stereocenters. The fourth-order valence-corrected chi connectivity index (χ4v) is 4.04. The van der Waals surface area contributed by atoms with Crippen molar-refractivity contribution in [3.05, 3.63) is 69.0 Å². The Kier molecular flexibility index (Phi) is 5.26. The number of alkyl halides is 3. The van der Waals surface area contributed by atoms with Gasteiger partial charge in [-0.25, -0.2) is 4.68 Å². The van der Waals surface area contributed by atoms with E-state index in [1.165, 1.54) is 17.4 Å². The number of nitrogens with zero attached hydrogens (tertiary/aromatic N) is 2. The Morgan fingerprint density at radius 2 is 2.07 bits per heavy atom. The lowest BCUT2D eigenvalue weighted by molar-refractivity contribution is -0.173. The predicted molar refractivity (Wildman–Crippen MR) is 105 cm³/mol. The molecule has 5 nitrogen and oxygen atoms in total. The van der Waals surface area contributed by atoms with Crippen molar-refractivity contribution in [2.45, 2.75) is 31.2 Å². The highest BCUT2D eigenvalue weighted by molar-refractivity contribution is 7.09. The number of anilines is 1. The first kappa shape index (κ1) is 19.8. The van der Waals surface area contributed by atoms with Gasteiger partial charge in [0, 0.05) is 22.4 Å². The molecule has 1 amide bonds. The maximum absolute atomic E-state index is 13.7. The van der Waals surface area contributed by atoms with Crippen LogP contribution in [-0.2, 0) is 6.54 Å². The van der Waals surface area contributed by atoms with Crippen LogP contribution in [0.4, 0.5) is 19.0 Å². The van der Waals surface area contributed by atoms with Gasteiger partial charge >= 0.3 is 6.18 Å². The maximum Gasteiger partial charge on any atom is 0.410 e. The number of hydrogen-bond acceptors (Lipinski definition) is 4. The molecule has 1 aromatic carbocycles. The van der Waals surface area contributed by atoms with E-state index in [9.17, 15) is 18.0 Å². The van der Waals surface area contributed by atoms with Crippen LogP contribution in [0.1, 0.15) is 39.4 Å². The van der Waals surface area contributed by atoms with Crippen LogP contribution in [0.5, 0.6) is 0 Å². The first-order chi connectivity index (χ1) is 13.8. The number of thiophene rings is 1. The van der Waals surface area contributed by atoms with E-state index in [4.69, 9.17) is 11.6 Å². The van der Waals surface area contributed by atoms with Gasteiger partial charge in [-0.1, -0.05) is 29.8 Å². The Morgan fingerprint density at radius 3 is 2.72 bits per heavy atom. The summed E-state index contributed by atoms with van der Waals surface area (Å²) in [5.74, 6) is -0.370. The molecule has 10 heteroatoms. The second-order valence-electron chi connectivity index (χ2n) is 6.66. The molecule has 4 rings (SSSR count). The Hall–Kier alpha value is -2.52. The van der Waals surface area contributed by atoms with Gasteiger partial charge in [0.05, 0.1) is 12.6 Å². The normalized spacial score (nSPS) is 18.8. The van der Waals surface area contributed by atoms with Crippen LogP contribution in [-0.4, -0.2) is 21.9 Å². The summed E-state index contributed by atoms with van der Waals surface area (Å²) < 4.78 is 42.0. The molecule has 29 heavy (non-hydrogen) atoms. The van der Waals surface area contributed by atoms with Crippen molar-refractivity contribution in [2.24, 2.45) is 0 Å². The average Bonchev–Trinajstić information content (AvgIpc) is 3.34. The standard InChI is InChI=1S/C19H16ClF3N4OS/c20-12-5-3-11(4-6-12)14-8-16(19(21,22)23)27-17(25-14)9-15(26-27)18(28)24-10-13-2-1-7-29-13/h1-7,9,14,16,25H,8,10H2,(H,24,28)/t14-,16+/m0/s1. The summed E-state index contributed by atoms with van der Waals surface area (Å²) in [6.07, 6.45) is -4.74. The molecular formula is C19H16ClF3N4OS. The van der Waals surface area contributed by atoms with Gasteiger partial charge in [0.25, 0.3) is 5.91 Å². The van der Waals surface area contributed by atoms with Crippen LogP contribution in [0.15, 0.2) is 47.8 Å². The van der Waals surface area contributed by atoms with E-state index in [0.717, 1.165) is 9.56 Å². The number of aromatic nitrogens is 2. The van der Waals surface area contributed by atoms with Crippen molar-refractivity contribution in [1.82, 2.24) is 15.1 Å². The van der Waals surface area contributed by atoms with Crippen LogP contribution in [0.25, 0.3) is 0 Å². The zero-order valence-electron chi connectivity index (χ0n) is 14.9. The van der Waals surface area contributed by atoms with Gasteiger partial charge in [0.1, 0.15) is 5.82 Å². The highest BCUT2D eigenvalue weighted by Gasteiger charge is 2.46. The van der Waals surface area contributed by atoms with Crippen molar-refractivity contribution in [3.8, 4) is 0 Å². The van der Waals surface area contributed by atoms with Crippen LogP contribution < -0.4 is 10.6 Å². The molecule has 0 saturated heterocycles. The quantitative estimate of drug-likeness (QED) is 0.587. The zero-order chi connectivity index (χ0) is 20.6. The Bertz CT molecular complexity index is 1000. The lowest BCUT2D eigenvalue weighted by Crippen LogP contribution is -2.35. The number of carbonyl (C=O) groups excluding carboxylic acids is 1.